The number of carboxylic acid groups (broad SMARTS) is 1. The van der Waals surface area contributed by atoms with E-state index in [9.17, 15) is 9.59 Å². The summed E-state index contributed by atoms with van der Waals surface area (Å²) in [6.45, 7) is 6.26. The molecule has 2 atom stereocenters. The normalized spacial score (nSPS) is 14.1. The van der Waals surface area contributed by atoms with Crippen molar-refractivity contribution in [2.75, 3.05) is 26.9 Å². The second-order valence-electron chi connectivity index (χ2n) is 3.67. The zero-order valence-electron chi connectivity index (χ0n) is 10.8. The molecule has 0 saturated carbocycles. The Labute approximate surface area is 101 Å². The monoisotopic (exact) mass is 247 g/mol. The van der Waals surface area contributed by atoms with Crippen molar-refractivity contribution in [3.63, 3.8) is 0 Å². The summed E-state index contributed by atoms with van der Waals surface area (Å²) in [7, 11) is 1.45. The first kappa shape index (κ1) is 15.9. The summed E-state index contributed by atoms with van der Waals surface area (Å²) >= 11 is 0. The van der Waals surface area contributed by atoms with Crippen LogP contribution < -0.4 is 0 Å². The van der Waals surface area contributed by atoms with Crippen LogP contribution in [0.5, 0.6) is 0 Å². The maximum atomic E-state index is 11.7. The minimum atomic E-state index is -1.04. The Morgan fingerprint density at radius 3 is 2.35 bits per heavy atom. The third-order valence-electron chi connectivity index (χ3n) is 2.43. The molecular weight excluding hydrogens is 226 g/mol. The van der Waals surface area contributed by atoms with Crippen molar-refractivity contribution in [1.29, 1.82) is 0 Å². The number of carbonyl (C=O) groups is 2. The van der Waals surface area contributed by atoms with Gasteiger partial charge in [-0.2, -0.15) is 0 Å². The average Bonchev–Trinajstić information content (AvgIpc) is 2.31. The number of hydrogen-bond donors (Lipinski definition) is 1. The number of carbonyl (C=O) groups excluding carboxylic acids is 1. The fourth-order valence-electron chi connectivity index (χ4n) is 1.14. The van der Waals surface area contributed by atoms with Gasteiger partial charge in [-0.15, -0.1) is 0 Å². The molecule has 0 radical (unpaired) electrons. The smallest absolute Gasteiger partial charge is 0.326 e. The van der Waals surface area contributed by atoms with Crippen LogP contribution in [0.2, 0.25) is 0 Å². The third kappa shape index (κ3) is 5.65. The van der Waals surface area contributed by atoms with E-state index in [1.165, 1.54) is 14.0 Å². The lowest BCUT2D eigenvalue weighted by Gasteiger charge is -2.24. The van der Waals surface area contributed by atoms with E-state index in [1.54, 1.807) is 6.92 Å². The molecule has 6 nitrogen and oxygen atoms in total. The predicted molar refractivity (Wildman–Crippen MR) is 61.8 cm³/mol. The molecule has 1 N–H and O–H groups in total. The number of likely N-dealkylation sites (N-methyl/N-ethyl adjacent to an activating group) is 1. The van der Waals surface area contributed by atoms with Crippen molar-refractivity contribution >= 4 is 11.9 Å². The molecule has 0 aliphatic carbocycles. The lowest BCUT2D eigenvalue weighted by Crippen LogP contribution is -2.45. The Morgan fingerprint density at radius 1 is 1.29 bits per heavy atom. The molecule has 100 valence electrons. The lowest BCUT2D eigenvalue weighted by molar-refractivity contribution is -0.153. The van der Waals surface area contributed by atoms with Gasteiger partial charge in [-0.1, -0.05) is 0 Å². The van der Waals surface area contributed by atoms with Crippen molar-refractivity contribution in [3.8, 4) is 0 Å². The zero-order chi connectivity index (χ0) is 13.4. The molecule has 6 heteroatoms. The predicted octanol–water partition coefficient (Wildman–Crippen LogP) is 0.360. The molecule has 0 aliphatic rings. The molecule has 1 amide bonds. The van der Waals surface area contributed by atoms with Gasteiger partial charge in [0.05, 0.1) is 13.2 Å². The number of ether oxygens (including phenoxy) is 2. The average molecular weight is 247 g/mol. The topological polar surface area (TPSA) is 76.1 Å². The van der Waals surface area contributed by atoms with Crippen molar-refractivity contribution < 1.29 is 24.2 Å². The Balaban J connectivity index is 4.07. The molecule has 0 aliphatic heterocycles. The molecule has 0 aromatic heterocycles. The number of amides is 1. The lowest BCUT2D eigenvalue weighted by atomic mass is 10.2. The molecule has 0 fully saturated rings. The van der Waals surface area contributed by atoms with Gasteiger partial charge in [-0.05, 0) is 20.8 Å². The van der Waals surface area contributed by atoms with E-state index < -0.39 is 18.1 Å². The standard InChI is InChI=1S/C11H21NO5/c1-5-16-6-7-17-9(3)10(13)12(4)8(2)11(14)15/h8-9H,5-7H2,1-4H3,(H,14,15). The molecule has 2 unspecified atom stereocenters. The van der Waals surface area contributed by atoms with E-state index in [2.05, 4.69) is 0 Å². The van der Waals surface area contributed by atoms with Gasteiger partial charge in [0.25, 0.3) is 5.91 Å². The zero-order valence-corrected chi connectivity index (χ0v) is 10.8. The van der Waals surface area contributed by atoms with E-state index in [0.29, 0.717) is 19.8 Å². The second kappa shape index (κ2) is 8.03. The first-order chi connectivity index (χ1) is 7.91. The van der Waals surface area contributed by atoms with E-state index >= 15 is 0 Å². The molecule has 17 heavy (non-hydrogen) atoms. The van der Waals surface area contributed by atoms with Crippen LogP contribution in [0.25, 0.3) is 0 Å². The fourth-order valence-corrected chi connectivity index (χ4v) is 1.14. The highest BCUT2D eigenvalue weighted by molar-refractivity contribution is 5.85. The van der Waals surface area contributed by atoms with Crippen LogP contribution in [0, 0.1) is 0 Å². The van der Waals surface area contributed by atoms with Gasteiger partial charge in [0, 0.05) is 13.7 Å². The fraction of sp³-hybridized carbons (Fsp3) is 0.818. The first-order valence-corrected chi connectivity index (χ1v) is 5.60. The molecule has 0 heterocycles. The quantitative estimate of drug-likeness (QED) is 0.627. The molecule has 0 aromatic rings. The molecule has 0 rings (SSSR count). The third-order valence-corrected chi connectivity index (χ3v) is 2.43. The van der Waals surface area contributed by atoms with E-state index in [1.807, 2.05) is 6.92 Å². The molecule has 0 bridgehead atoms. The van der Waals surface area contributed by atoms with Gasteiger partial charge < -0.3 is 19.5 Å². The summed E-state index contributed by atoms with van der Waals surface area (Å²) in [4.78, 5) is 23.6. The van der Waals surface area contributed by atoms with Gasteiger partial charge in [0.1, 0.15) is 12.1 Å². The minimum Gasteiger partial charge on any atom is -0.480 e. The Kier molecular flexibility index (Phi) is 7.49. The van der Waals surface area contributed by atoms with Crippen LogP contribution in [0.3, 0.4) is 0 Å². The summed E-state index contributed by atoms with van der Waals surface area (Å²) < 4.78 is 10.3. The Hall–Kier alpha value is -1.14. The number of aliphatic carboxylic acids is 1. The molecule has 0 saturated heterocycles. The highest BCUT2D eigenvalue weighted by Crippen LogP contribution is 2.02. The molecule has 0 spiro atoms. The number of carboxylic acids is 1. The van der Waals surface area contributed by atoms with Gasteiger partial charge in [-0.25, -0.2) is 4.79 Å². The summed E-state index contributed by atoms with van der Waals surface area (Å²) in [6.07, 6.45) is -0.665. The highest BCUT2D eigenvalue weighted by Gasteiger charge is 2.25. The minimum absolute atomic E-state index is 0.316. The van der Waals surface area contributed by atoms with Crippen LogP contribution in [0.1, 0.15) is 20.8 Å². The van der Waals surface area contributed by atoms with Gasteiger partial charge in [0.2, 0.25) is 0 Å². The first-order valence-electron chi connectivity index (χ1n) is 5.60. The van der Waals surface area contributed by atoms with Crippen molar-refractivity contribution in [3.05, 3.63) is 0 Å². The van der Waals surface area contributed by atoms with Gasteiger partial charge in [0.15, 0.2) is 0 Å². The Bertz CT molecular complexity index is 256. The second-order valence-corrected chi connectivity index (χ2v) is 3.67. The largest absolute Gasteiger partial charge is 0.480 e. The van der Waals surface area contributed by atoms with E-state index in [0.717, 1.165) is 4.90 Å². The highest BCUT2D eigenvalue weighted by atomic mass is 16.5. The SMILES string of the molecule is CCOCCOC(C)C(=O)N(C)C(C)C(=O)O. The maximum absolute atomic E-state index is 11.7. The van der Waals surface area contributed by atoms with Crippen LogP contribution in [-0.2, 0) is 19.1 Å². The summed E-state index contributed by atoms with van der Waals surface area (Å²) in [5.41, 5.74) is 0. The van der Waals surface area contributed by atoms with Crippen LogP contribution in [0.4, 0.5) is 0 Å². The van der Waals surface area contributed by atoms with E-state index in [-0.39, 0.29) is 5.91 Å². The summed E-state index contributed by atoms with van der Waals surface area (Å²) in [5.74, 6) is -1.39. The number of nitrogens with zero attached hydrogens (tertiary/aromatic N) is 1. The molecule has 0 aromatic carbocycles. The maximum Gasteiger partial charge on any atom is 0.326 e. The van der Waals surface area contributed by atoms with Crippen molar-refractivity contribution in [2.45, 2.75) is 32.9 Å². The molecular formula is C11H21NO5. The van der Waals surface area contributed by atoms with Crippen LogP contribution in [-0.4, -0.2) is 60.9 Å². The van der Waals surface area contributed by atoms with Gasteiger partial charge >= 0.3 is 5.97 Å². The summed E-state index contributed by atoms with van der Waals surface area (Å²) in [6, 6.07) is -0.861. The van der Waals surface area contributed by atoms with Crippen molar-refractivity contribution in [2.24, 2.45) is 0 Å². The van der Waals surface area contributed by atoms with Gasteiger partial charge in [-0.3, -0.25) is 4.79 Å². The number of rotatable bonds is 8. The Morgan fingerprint density at radius 2 is 1.88 bits per heavy atom. The van der Waals surface area contributed by atoms with Crippen LogP contribution in [0.15, 0.2) is 0 Å². The summed E-state index contributed by atoms with van der Waals surface area (Å²) in [5, 5.41) is 8.77. The number of hydrogen-bond acceptors (Lipinski definition) is 4. The van der Waals surface area contributed by atoms with E-state index in [4.69, 9.17) is 14.6 Å². The van der Waals surface area contributed by atoms with Crippen LogP contribution >= 0.6 is 0 Å². The van der Waals surface area contributed by atoms with Crippen molar-refractivity contribution in [1.82, 2.24) is 4.90 Å².